The van der Waals surface area contributed by atoms with Crippen molar-refractivity contribution in [2.75, 3.05) is 0 Å². The number of halogens is 3. The molecule has 0 saturated carbocycles. The summed E-state index contributed by atoms with van der Waals surface area (Å²) in [6, 6.07) is 11.9. The van der Waals surface area contributed by atoms with Gasteiger partial charge in [-0.15, -0.1) is 0 Å². The molecule has 3 nitrogen and oxygen atoms in total. The Hall–Kier alpha value is -2.76. The van der Waals surface area contributed by atoms with Gasteiger partial charge < -0.3 is 9.84 Å². The normalized spacial score (nSPS) is 19.3. The van der Waals surface area contributed by atoms with Crippen molar-refractivity contribution in [3.8, 4) is 5.75 Å². The van der Waals surface area contributed by atoms with E-state index in [-0.39, 0.29) is 11.3 Å². The summed E-state index contributed by atoms with van der Waals surface area (Å²) in [5.74, 6) is -1.33. The second-order valence-electron chi connectivity index (χ2n) is 6.98. The van der Waals surface area contributed by atoms with Gasteiger partial charge in [-0.2, -0.15) is 13.2 Å². The van der Waals surface area contributed by atoms with Gasteiger partial charge in [-0.1, -0.05) is 56.3 Å². The maximum Gasteiger partial charge on any atom is 0.437 e. The zero-order valence-corrected chi connectivity index (χ0v) is 14.9. The van der Waals surface area contributed by atoms with E-state index in [0.29, 0.717) is 17.9 Å². The van der Waals surface area contributed by atoms with Gasteiger partial charge in [0, 0.05) is 11.1 Å². The summed E-state index contributed by atoms with van der Waals surface area (Å²) in [5, 5.41) is 9.55. The Kier molecular flexibility index (Phi) is 4.76. The topological polar surface area (TPSA) is 46.5 Å². The number of alkyl halides is 3. The van der Waals surface area contributed by atoms with Gasteiger partial charge in [-0.05, 0) is 30.0 Å². The highest BCUT2D eigenvalue weighted by Crippen LogP contribution is 2.51. The number of hydrogen-bond donors (Lipinski definition) is 1. The van der Waals surface area contributed by atoms with Crippen molar-refractivity contribution in [1.29, 1.82) is 0 Å². The Balaban J connectivity index is 2.20. The molecule has 0 aromatic heterocycles. The highest BCUT2D eigenvalue weighted by Gasteiger charge is 2.64. The summed E-state index contributed by atoms with van der Waals surface area (Å²) in [5.41, 5.74) is -3.01. The van der Waals surface area contributed by atoms with Crippen LogP contribution in [0.4, 0.5) is 13.2 Å². The molecule has 1 atom stereocenters. The van der Waals surface area contributed by atoms with Gasteiger partial charge in [0.15, 0.2) is 0 Å². The van der Waals surface area contributed by atoms with E-state index in [1.54, 1.807) is 24.3 Å². The minimum absolute atomic E-state index is 0.00826. The molecule has 0 fully saturated rings. The standard InChI is InChI=1S/C21H19F3O3/c1-13(2)11-14-7-9-16(10-8-14)20(21(22,23)24)17(19(25)26)12-15-5-3-4-6-18(15)27-20/h3-10,12-13H,11H2,1-2H3,(H,25,26). The van der Waals surface area contributed by atoms with Gasteiger partial charge in [0.25, 0.3) is 5.60 Å². The summed E-state index contributed by atoms with van der Waals surface area (Å²) in [7, 11) is 0. The Labute approximate surface area is 155 Å². The second kappa shape index (κ2) is 6.76. The lowest BCUT2D eigenvalue weighted by atomic mass is 9.81. The molecule has 0 amide bonds. The van der Waals surface area contributed by atoms with Crippen molar-refractivity contribution in [3.63, 3.8) is 0 Å². The molecule has 1 heterocycles. The third kappa shape index (κ3) is 3.31. The average molecular weight is 376 g/mol. The summed E-state index contributed by atoms with van der Waals surface area (Å²) in [6.45, 7) is 4.02. The molecule has 3 rings (SSSR count). The summed E-state index contributed by atoms with van der Waals surface area (Å²) < 4.78 is 48.2. The van der Waals surface area contributed by atoms with E-state index < -0.39 is 23.3 Å². The zero-order valence-electron chi connectivity index (χ0n) is 14.9. The molecule has 142 valence electrons. The molecule has 0 saturated heterocycles. The molecular weight excluding hydrogens is 357 g/mol. The number of benzene rings is 2. The monoisotopic (exact) mass is 376 g/mol. The molecule has 2 aromatic rings. The predicted molar refractivity (Wildman–Crippen MR) is 95.4 cm³/mol. The SMILES string of the molecule is CC(C)Cc1ccc(C2(C(F)(F)F)Oc3ccccc3C=C2C(=O)O)cc1. The molecule has 1 aliphatic rings. The number of fused-ring (bicyclic) bond motifs is 1. The number of rotatable bonds is 4. The lowest BCUT2D eigenvalue weighted by Gasteiger charge is -2.39. The maximum absolute atomic E-state index is 14.3. The van der Waals surface area contributed by atoms with E-state index in [4.69, 9.17) is 4.74 Å². The summed E-state index contributed by atoms with van der Waals surface area (Å²) >= 11 is 0. The third-order valence-corrected chi connectivity index (χ3v) is 4.50. The molecule has 0 aliphatic carbocycles. The Morgan fingerprint density at radius 1 is 1.11 bits per heavy atom. The van der Waals surface area contributed by atoms with E-state index in [0.717, 1.165) is 11.6 Å². The molecule has 0 spiro atoms. The van der Waals surface area contributed by atoms with Crippen LogP contribution in [0.25, 0.3) is 6.08 Å². The average Bonchev–Trinajstić information content (AvgIpc) is 2.59. The summed E-state index contributed by atoms with van der Waals surface area (Å²) in [4.78, 5) is 11.8. The molecule has 1 aliphatic heterocycles. The second-order valence-corrected chi connectivity index (χ2v) is 6.98. The largest absolute Gasteiger partial charge is 0.478 e. The van der Waals surface area contributed by atoms with E-state index in [1.807, 2.05) is 13.8 Å². The van der Waals surface area contributed by atoms with Gasteiger partial charge in [0.05, 0.1) is 5.57 Å². The smallest absolute Gasteiger partial charge is 0.437 e. The first-order chi connectivity index (χ1) is 12.6. The first-order valence-corrected chi connectivity index (χ1v) is 8.55. The third-order valence-electron chi connectivity index (χ3n) is 4.50. The van der Waals surface area contributed by atoms with Crippen molar-refractivity contribution in [1.82, 2.24) is 0 Å². The number of hydrogen-bond acceptors (Lipinski definition) is 2. The van der Waals surface area contributed by atoms with Gasteiger partial charge >= 0.3 is 12.1 Å². The van der Waals surface area contributed by atoms with E-state index >= 15 is 0 Å². The van der Waals surface area contributed by atoms with Crippen LogP contribution in [0.2, 0.25) is 0 Å². The molecule has 1 N–H and O–H groups in total. The fourth-order valence-corrected chi connectivity index (χ4v) is 3.32. The van der Waals surface area contributed by atoms with Crippen molar-refractivity contribution >= 4 is 12.0 Å². The van der Waals surface area contributed by atoms with Crippen LogP contribution in [-0.4, -0.2) is 17.3 Å². The van der Waals surface area contributed by atoms with Crippen molar-refractivity contribution in [2.45, 2.75) is 32.0 Å². The highest BCUT2D eigenvalue weighted by atomic mass is 19.4. The lowest BCUT2D eigenvalue weighted by Crippen LogP contribution is -2.52. The first kappa shape index (κ1) is 19.0. The van der Waals surface area contributed by atoms with Crippen LogP contribution in [0.5, 0.6) is 5.75 Å². The number of carboxylic acid groups (broad SMARTS) is 1. The van der Waals surface area contributed by atoms with Gasteiger partial charge in [0.1, 0.15) is 5.75 Å². The van der Waals surface area contributed by atoms with Crippen LogP contribution in [0, 0.1) is 5.92 Å². The van der Waals surface area contributed by atoms with Crippen LogP contribution >= 0.6 is 0 Å². The van der Waals surface area contributed by atoms with Crippen LogP contribution in [0.15, 0.2) is 54.1 Å². The van der Waals surface area contributed by atoms with E-state index in [1.165, 1.54) is 24.3 Å². The Morgan fingerprint density at radius 3 is 2.30 bits per heavy atom. The van der Waals surface area contributed by atoms with Crippen molar-refractivity contribution < 1.29 is 27.8 Å². The van der Waals surface area contributed by atoms with Crippen molar-refractivity contribution in [3.05, 3.63) is 70.8 Å². The van der Waals surface area contributed by atoms with Gasteiger partial charge in [-0.25, -0.2) is 4.79 Å². The number of para-hydroxylation sites is 1. The number of carbonyl (C=O) groups is 1. The van der Waals surface area contributed by atoms with Crippen LogP contribution in [0.3, 0.4) is 0 Å². The minimum atomic E-state index is -4.97. The van der Waals surface area contributed by atoms with Crippen molar-refractivity contribution in [2.24, 2.45) is 5.92 Å². The quantitative estimate of drug-likeness (QED) is 0.797. The lowest BCUT2D eigenvalue weighted by molar-refractivity contribution is -0.240. The molecule has 1 unspecified atom stereocenters. The molecule has 2 aromatic carbocycles. The molecule has 6 heteroatoms. The maximum atomic E-state index is 14.3. The number of ether oxygens (including phenoxy) is 1. The minimum Gasteiger partial charge on any atom is -0.478 e. The molecular formula is C21H19F3O3. The molecule has 0 bridgehead atoms. The number of carboxylic acids is 1. The number of aliphatic carboxylic acids is 1. The zero-order chi connectivity index (χ0) is 19.8. The fraction of sp³-hybridized carbons (Fsp3) is 0.286. The van der Waals surface area contributed by atoms with Gasteiger partial charge in [0.2, 0.25) is 0 Å². The van der Waals surface area contributed by atoms with Crippen LogP contribution in [-0.2, 0) is 16.8 Å². The van der Waals surface area contributed by atoms with E-state index in [2.05, 4.69) is 0 Å². The van der Waals surface area contributed by atoms with E-state index in [9.17, 15) is 23.1 Å². The van der Waals surface area contributed by atoms with Gasteiger partial charge in [-0.3, -0.25) is 0 Å². The Morgan fingerprint density at radius 2 is 1.74 bits per heavy atom. The Bertz CT molecular complexity index is 882. The predicted octanol–water partition coefficient (Wildman–Crippen LogP) is 5.20. The molecule has 0 radical (unpaired) electrons. The molecule has 27 heavy (non-hydrogen) atoms. The van der Waals surface area contributed by atoms with Crippen LogP contribution in [0.1, 0.15) is 30.5 Å². The highest BCUT2D eigenvalue weighted by molar-refractivity contribution is 5.96. The fourth-order valence-electron chi connectivity index (χ4n) is 3.32. The first-order valence-electron chi connectivity index (χ1n) is 8.55. The van der Waals surface area contributed by atoms with Crippen LogP contribution < -0.4 is 4.74 Å². The summed E-state index contributed by atoms with van der Waals surface area (Å²) in [6.07, 6.45) is -3.22.